The average molecular weight is 429 g/mol. The van der Waals surface area contributed by atoms with E-state index in [1.165, 1.54) is 37.3 Å². The lowest BCUT2D eigenvalue weighted by molar-refractivity contribution is -0.226. The molecule has 31 heavy (non-hydrogen) atoms. The number of carbonyl (C=O) groups is 5. The van der Waals surface area contributed by atoms with Crippen LogP contribution in [-0.4, -0.2) is 47.7 Å². The van der Waals surface area contributed by atoms with Crippen LogP contribution in [0.5, 0.6) is 5.75 Å². The summed E-state index contributed by atoms with van der Waals surface area (Å²) < 4.78 is 21.2. The number of ether oxygens (including phenoxy) is 4. The number of nitrogens with zero attached hydrogens (tertiary/aromatic N) is 1. The molecule has 0 saturated carbocycles. The molecule has 3 heterocycles. The van der Waals surface area contributed by atoms with E-state index in [2.05, 4.69) is 0 Å². The Morgan fingerprint density at radius 1 is 0.968 bits per heavy atom. The summed E-state index contributed by atoms with van der Waals surface area (Å²) in [6.07, 6.45) is 0.843. The fraction of sp³-hybridized carbons (Fsp3) is 0.381. The standard InChI is InChI=1S/C21H19NO9/c1-10(23)28-14-6-4-13(5-7-14)22-18(26)16-15-8-9-21(31-15,17(16)19(22)27)20(29-11(2)24)30-12(3)25/h4-9,15-17,20H,1-3H3/t15-,16+,17-,21-/m0/s1. The van der Waals surface area contributed by atoms with Gasteiger partial charge < -0.3 is 18.9 Å². The van der Waals surface area contributed by atoms with Crippen molar-refractivity contribution in [2.45, 2.75) is 38.8 Å². The second-order valence-electron chi connectivity index (χ2n) is 7.45. The van der Waals surface area contributed by atoms with Crippen molar-refractivity contribution in [1.82, 2.24) is 0 Å². The lowest BCUT2D eigenvalue weighted by Gasteiger charge is -2.34. The van der Waals surface area contributed by atoms with E-state index in [1.807, 2.05) is 0 Å². The summed E-state index contributed by atoms with van der Waals surface area (Å²) >= 11 is 0. The molecule has 0 aromatic heterocycles. The van der Waals surface area contributed by atoms with Gasteiger partial charge >= 0.3 is 17.9 Å². The van der Waals surface area contributed by atoms with Gasteiger partial charge in [-0.05, 0) is 30.3 Å². The highest BCUT2D eigenvalue weighted by molar-refractivity contribution is 6.23. The molecule has 162 valence electrons. The quantitative estimate of drug-likeness (QED) is 0.220. The number of rotatable bonds is 5. The Hall–Kier alpha value is -3.53. The maximum Gasteiger partial charge on any atom is 0.308 e. The first kappa shape index (κ1) is 20.7. The van der Waals surface area contributed by atoms with Crippen LogP contribution < -0.4 is 9.64 Å². The van der Waals surface area contributed by atoms with Crippen molar-refractivity contribution in [2.75, 3.05) is 4.90 Å². The van der Waals surface area contributed by atoms with Crippen molar-refractivity contribution in [3.05, 3.63) is 36.4 Å². The largest absolute Gasteiger partial charge is 0.427 e. The molecule has 4 atom stereocenters. The molecule has 0 spiro atoms. The third-order valence-corrected chi connectivity index (χ3v) is 5.35. The van der Waals surface area contributed by atoms with E-state index in [9.17, 15) is 24.0 Å². The van der Waals surface area contributed by atoms with Gasteiger partial charge in [0.05, 0.1) is 23.6 Å². The van der Waals surface area contributed by atoms with Gasteiger partial charge in [-0.25, -0.2) is 4.90 Å². The highest BCUT2D eigenvalue weighted by Gasteiger charge is 2.72. The van der Waals surface area contributed by atoms with Crippen LogP contribution in [0, 0.1) is 11.8 Å². The molecule has 1 aromatic carbocycles. The molecule has 0 unspecified atom stereocenters. The van der Waals surface area contributed by atoms with Crippen LogP contribution in [0.3, 0.4) is 0 Å². The van der Waals surface area contributed by atoms with Gasteiger partial charge in [0.15, 0.2) is 5.60 Å². The Morgan fingerprint density at radius 2 is 1.58 bits per heavy atom. The normalized spacial score (nSPS) is 28.1. The van der Waals surface area contributed by atoms with Crippen LogP contribution in [0.4, 0.5) is 5.69 Å². The topological polar surface area (TPSA) is 126 Å². The molecule has 2 fully saturated rings. The molecule has 3 aliphatic rings. The lowest BCUT2D eigenvalue weighted by atomic mass is 9.76. The van der Waals surface area contributed by atoms with Crippen molar-refractivity contribution >= 4 is 35.4 Å². The maximum absolute atomic E-state index is 13.4. The van der Waals surface area contributed by atoms with Gasteiger partial charge in [-0.1, -0.05) is 6.08 Å². The Labute approximate surface area is 176 Å². The molecule has 10 nitrogen and oxygen atoms in total. The van der Waals surface area contributed by atoms with E-state index in [4.69, 9.17) is 18.9 Å². The number of benzene rings is 1. The van der Waals surface area contributed by atoms with Crippen molar-refractivity contribution in [2.24, 2.45) is 11.8 Å². The van der Waals surface area contributed by atoms with E-state index in [0.717, 1.165) is 18.7 Å². The second kappa shape index (κ2) is 7.31. The molecule has 0 N–H and O–H groups in total. The lowest BCUT2D eigenvalue weighted by Crippen LogP contribution is -2.52. The average Bonchev–Trinajstić information content (AvgIpc) is 3.32. The van der Waals surface area contributed by atoms with Crippen LogP contribution >= 0.6 is 0 Å². The number of anilines is 1. The molecular formula is C21H19NO9. The number of hydrogen-bond acceptors (Lipinski definition) is 9. The molecular weight excluding hydrogens is 410 g/mol. The number of esters is 3. The third kappa shape index (κ3) is 3.28. The zero-order chi connectivity index (χ0) is 22.5. The van der Waals surface area contributed by atoms with E-state index in [1.54, 1.807) is 6.08 Å². The molecule has 0 radical (unpaired) electrons. The van der Waals surface area contributed by atoms with Crippen molar-refractivity contribution in [1.29, 1.82) is 0 Å². The van der Waals surface area contributed by atoms with Gasteiger partial charge in [0.25, 0.3) is 6.29 Å². The monoisotopic (exact) mass is 429 g/mol. The minimum Gasteiger partial charge on any atom is -0.427 e. The Bertz CT molecular complexity index is 998. The van der Waals surface area contributed by atoms with Gasteiger partial charge in [0, 0.05) is 20.8 Å². The summed E-state index contributed by atoms with van der Waals surface area (Å²) in [5.74, 6) is -4.69. The Kier molecular flexibility index (Phi) is 4.89. The first-order chi connectivity index (χ1) is 14.6. The Balaban J connectivity index is 1.68. The van der Waals surface area contributed by atoms with Crippen LogP contribution in [-0.2, 0) is 38.2 Å². The summed E-state index contributed by atoms with van der Waals surface area (Å²) in [7, 11) is 0. The zero-order valence-corrected chi connectivity index (χ0v) is 16.9. The molecule has 2 bridgehead atoms. The summed E-state index contributed by atoms with van der Waals surface area (Å²) in [4.78, 5) is 61.8. The molecule has 2 saturated heterocycles. The van der Waals surface area contributed by atoms with E-state index < -0.39 is 59.6 Å². The van der Waals surface area contributed by atoms with Crippen molar-refractivity contribution in [3.8, 4) is 5.75 Å². The Morgan fingerprint density at radius 3 is 2.13 bits per heavy atom. The zero-order valence-electron chi connectivity index (χ0n) is 16.9. The summed E-state index contributed by atoms with van der Waals surface area (Å²) in [6.45, 7) is 3.52. The van der Waals surface area contributed by atoms with Gasteiger partial charge in [-0.15, -0.1) is 0 Å². The molecule has 10 heteroatoms. The third-order valence-electron chi connectivity index (χ3n) is 5.35. The second-order valence-corrected chi connectivity index (χ2v) is 7.45. The fourth-order valence-corrected chi connectivity index (χ4v) is 4.30. The van der Waals surface area contributed by atoms with Crippen molar-refractivity contribution < 1.29 is 42.9 Å². The number of carbonyl (C=O) groups excluding carboxylic acids is 5. The number of fused-ring (bicyclic) bond motifs is 5. The van der Waals surface area contributed by atoms with E-state index >= 15 is 0 Å². The van der Waals surface area contributed by atoms with Gasteiger partial charge in [0.1, 0.15) is 5.75 Å². The van der Waals surface area contributed by atoms with Gasteiger partial charge in [0.2, 0.25) is 11.8 Å². The minimum absolute atomic E-state index is 0.266. The number of imide groups is 1. The first-order valence-electron chi connectivity index (χ1n) is 9.52. The first-order valence-corrected chi connectivity index (χ1v) is 9.52. The van der Waals surface area contributed by atoms with Gasteiger partial charge in [-0.3, -0.25) is 24.0 Å². The van der Waals surface area contributed by atoms with Crippen LogP contribution in [0.15, 0.2) is 36.4 Å². The van der Waals surface area contributed by atoms with Crippen LogP contribution in [0.1, 0.15) is 20.8 Å². The highest BCUT2D eigenvalue weighted by Crippen LogP contribution is 2.54. The minimum atomic E-state index is -1.61. The van der Waals surface area contributed by atoms with Crippen molar-refractivity contribution in [3.63, 3.8) is 0 Å². The van der Waals surface area contributed by atoms with E-state index in [-0.39, 0.29) is 11.4 Å². The predicted octanol–water partition coefficient (Wildman–Crippen LogP) is 0.877. The molecule has 1 aromatic rings. The molecule has 2 amide bonds. The predicted molar refractivity (Wildman–Crippen MR) is 101 cm³/mol. The highest BCUT2D eigenvalue weighted by atomic mass is 16.7. The van der Waals surface area contributed by atoms with Crippen LogP contribution in [0.25, 0.3) is 0 Å². The summed E-state index contributed by atoms with van der Waals surface area (Å²) in [5, 5.41) is 0. The molecule has 3 aliphatic heterocycles. The number of amides is 2. The molecule has 0 aliphatic carbocycles. The summed E-state index contributed by atoms with van der Waals surface area (Å²) in [6, 6.07) is 5.89. The van der Waals surface area contributed by atoms with Crippen LogP contribution in [0.2, 0.25) is 0 Å². The van der Waals surface area contributed by atoms with Gasteiger partial charge in [-0.2, -0.15) is 0 Å². The van der Waals surface area contributed by atoms with E-state index in [0.29, 0.717) is 0 Å². The SMILES string of the molecule is CC(=O)Oc1ccc(N2C(=O)[C@@H]3[C@@H]4C=C[C@](C(OC(C)=O)OC(C)=O)(O4)[C@@H]3C2=O)cc1. The smallest absolute Gasteiger partial charge is 0.308 e. The maximum atomic E-state index is 13.4. The fourth-order valence-electron chi connectivity index (χ4n) is 4.30. The summed E-state index contributed by atoms with van der Waals surface area (Å²) in [5.41, 5.74) is -1.32. The number of hydrogen-bond donors (Lipinski definition) is 0. The molecule has 4 rings (SSSR count).